The average Bonchev–Trinajstić information content (AvgIpc) is 2.15. The normalized spacial score (nSPS) is 12.2. The first-order valence-corrected chi connectivity index (χ1v) is 4.43. The summed E-state index contributed by atoms with van der Waals surface area (Å²) in [5, 5.41) is 10.2. The fourth-order valence-electron chi connectivity index (χ4n) is 0.864. The maximum Gasteiger partial charge on any atom is 0.271 e. The molecule has 0 aliphatic carbocycles. The Hall–Kier alpha value is -1.49. The van der Waals surface area contributed by atoms with E-state index < -0.39 is 0 Å². The maximum absolute atomic E-state index is 11.4. The van der Waals surface area contributed by atoms with Crippen LogP contribution in [0.4, 0.5) is 0 Å². The van der Waals surface area contributed by atoms with Crippen LogP contribution in [0.3, 0.4) is 0 Å². The van der Waals surface area contributed by atoms with E-state index in [4.69, 9.17) is 5.73 Å². The van der Waals surface area contributed by atoms with Crippen molar-refractivity contribution in [1.29, 1.82) is 0 Å². The first-order chi connectivity index (χ1) is 6.59. The van der Waals surface area contributed by atoms with Crippen LogP contribution in [0.15, 0.2) is 12.1 Å². The summed E-state index contributed by atoms with van der Waals surface area (Å²) >= 11 is 0. The Morgan fingerprint density at radius 3 is 2.79 bits per heavy atom. The lowest BCUT2D eigenvalue weighted by atomic mass is 10.3. The van der Waals surface area contributed by atoms with Gasteiger partial charge in [0, 0.05) is 12.6 Å². The molecule has 0 fully saturated rings. The number of hydrogen-bond acceptors (Lipinski definition) is 4. The van der Waals surface area contributed by atoms with Crippen molar-refractivity contribution in [2.24, 2.45) is 5.73 Å². The van der Waals surface area contributed by atoms with Crippen LogP contribution in [-0.2, 0) is 0 Å². The van der Waals surface area contributed by atoms with Crippen LogP contribution in [0, 0.1) is 6.92 Å². The summed E-state index contributed by atoms with van der Waals surface area (Å²) < 4.78 is 0. The summed E-state index contributed by atoms with van der Waals surface area (Å²) in [7, 11) is 0. The fourth-order valence-corrected chi connectivity index (χ4v) is 0.864. The van der Waals surface area contributed by atoms with Crippen molar-refractivity contribution in [2.75, 3.05) is 6.54 Å². The van der Waals surface area contributed by atoms with Crippen molar-refractivity contribution in [3.05, 3.63) is 23.5 Å². The third kappa shape index (κ3) is 3.10. The Labute approximate surface area is 82.7 Å². The van der Waals surface area contributed by atoms with Crippen molar-refractivity contribution in [1.82, 2.24) is 15.5 Å². The van der Waals surface area contributed by atoms with E-state index in [9.17, 15) is 4.79 Å². The number of nitrogens with two attached hydrogens (primary N) is 1. The van der Waals surface area contributed by atoms with Crippen LogP contribution < -0.4 is 11.1 Å². The van der Waals surface area contributed by atoms with E-state index in [-0.39, 0.29) is 11.9 Å². The van der Waals surface area contributed by atoms with E-state index in [1.807, 2.05) is 13.8 Å². The van der Waals surface area contributed by atoms with Crippen molar-refractivity contribution < 1.29 is 4.79 Å². The molecule has 0 aromatic carbocycles. The van der Waals surface area contributed by atoms with E-state index in [1.165, 1.54) is 0 Å². The Morgan fingerprint density at radius 2 is 2.29 bits per heavy atom. The number of hydrogen-bond donors (Lipinski definition) is 2. The van der Waals surface area contributed by atoms with Crippen LogP contribution in [0.1, 0.15) is 23.1 Å². The zero-order valence-electron chi connectivity index (χ0n) is 8.32. The zero-order chi connectivity index (χ0) is 10.6. The highest BCUT2D eigenvalue weighted by molar-refractivity contribution is 5.92. The molecular formula is C9H14N4O. The van der Waals surface area contributed by atoms with E-state index in [0.29, 0.717) is 12.2 Å². The molecule has 76 valence electrons. The number of carbonyl (C=O) groups excluding carboxylic acids is 1. The van der Waals surface area contributed by atoms with Gasteiger partial charge in [-0.05, 0) is 26.0 Å². The average molecular weight is 194 g/mol. The second-order valence-electron chi connectivity index (χ2n) is 3.25. The van der Waals surface area contributed by atoms with Crippen LogP contribution in [0.25, 0.3) is 0 Å². The monoisotopic (exact) mass is 194 g/mol. The molecule has 5 nitrogen and oxygen atoms in total. The molecule has 0 radical (unpaired) electrons. The Kier molecular flexibility index (Phi) is 3.53. The van der Waals surface area contributed by atoms with Gasteiger partial charge in [0.1, 0.15) is 0 Å². The highest BCUT2D eigenvalue weighted by Crippen LogP contribution is 1.94. The van der Waals surface area contributed by atoms with Gasteiger partial charge in [-0.3, -0.25) is 4.79 Å². The molecule has 1 aromatic rings. The van der Waals surface area contributed by atoms with Gasteiger partial charge in [-0.15, -0.1) is 5.10 Å². The number of carbonyl (C=O) groups is 1. The topological polar surface area (TPSA) is 80.9 Å². The Balaban J connectivity index is 2.57. The van der Waals surface area contributed by atoms with E-state index in [1.54, 1.807) is 12.1 Å². The highest BCUT2D eigenvalue weighted by Gasteiger charge is 2.07. The number of nitrogens with zero attached hydrogens (tertiary/aromatic N) is 2. The van der Waals surface area contributed by atoms with Gasteiger partial charge >= 0.3 is 0 Å². The minimum absolute atomic E-state index is 0.0580. The van der Waals surface area contributed by atoms with Gasteiger partial charge in [0.25, 0.3) is 5.91 Å². The molecule has 1 rings (SSSR count). The molecule has 14 heavy (non-hydrogen) atoms. The van der Waals surface area contributed by atoms with Gasteiger partial charge in [-0.25, -0.2) is 0 Å². The van der Waals surface area contributed by atoms with Crippen LogP contribution in [0.5, 0.6) is 0 Å². The van der Waals surface area contributed by atoms with E-state index >= 15 is 0 Å². The third-order valence-corrected chi connectivity index (χ3v) is 1.62. The maximum atomic E-state index is 11.4. The fraction of sp³-hybridized carbons (Fsp3) is 0.444. The van der Waals surface area contributed by atoms with Crippen LogP contribution >= 0.6 is 0 Å². The Bertz CT molecular complexity index is 307. The molecule has 0 saturated carbocycles. The van der Waals surface area contributed by atoms with Gasteiger partial charge in [0.15, 0.2) is 5.69 Å². The van der Waals surface area contributed by atoms with E-state index in [0.717, 1.165) is 5.69 Å². The van der Waals surface area contributed by atoms with Crippen molar-refractivity contribution in [2.45, 2.75) is 19.9 Å². The van der Waals surface area contributed by atoms with Crippen LogP contribution in [-0.4, -0.2) is 28.7 Å². The minimum Gasteiger partial charge on any atom is -0.349 e. The standard InChI is InChI=1S/C9H14N4O/c1-6(10)5-11-9(14)8-4-3-7(2)12-13-8/h3-4,6H,5,10H2,1-2H3,(H,11,14). The van der Waals surface area contributed by atoms with Crippen molar-refractivity contribution in [3.63, 3.8) is 0 Å². The number of amides is 1. The summed E-state index contributed by atoms with van der Waals surface area (Å²) in [6, 6.07) is 3.32. The molecule has 1 amide bonds. The number of aryl methyl sites for hydroxylation is 1. The molecule has 1 unspecified atom stereocenters. The second-order valence-corrected chi connectivity index (χ2v) is 3.25. The molecule has 1 atom stereocenters. The van der Waals surface area contributed by atoms with Crippen molar-refractivity contribution >= 4 is 5.91 Å². The molecule has 0 aliphatic rings. The number of rotatable bonds is 3. The summed E-state index contributed by atoms with van der Waals surface area (Å²) in [6.45, 7) is 4.08. The van der Waals surface area contributed by atoms with Crippen LogP contribution in [0.2, 0.25) is 0 Å². The molecule has 1 aromatic heterocycles. The Morgan fingerprint density at radius 1 is 1.57 bits per heavy atom. The molecule has 1 heterocycles. The van der Waals surface area contributed by atoms with Gasteiger partial charge in [0.05, 0.1) is 5.69 Å². The molecule has 0 aliphatic heterocycles. The smallest absolute Gasteiger partial charge is 0.271 e. The molecular weight excluding hydrogens is 180 g/mol. The highest BCUT2D eigenvalue weighted by atomic mass is 16.1. The first-order valence-electron chi connectivity index (χ1n) is 4.43. The molecule has 0 saturated heterocycles. The summed E-state index contributed by atoms with van der Waals surface area (Å²) in [5.41, 5.74) is 6.59. The number of aromatic nitrogens is 2. The van der Waals surface area contributed by atoms with Gasteiger partial charge in [-0.2, -0.15) is 5.10 Å². The summed E-state index contributed by atoms with van der Waals surface area (Å²) in [4.78, 5) is 11.4. The predicted octanol–water partition coefficient (Wildman–Crippen LogP) is -0.138. The lowest BCUT2D eigenvalue weighted by molar-refractivity contribution is 0.0945. The van der Waals surface area contributed by atoms with Gasteiger partial charge < -0.3 is 11.1 Å². The largest absolute Gasteiger partial charge is 0.349 e. The third-order valence-electron chi connectivity index (χ3n) is 1.62. The number of nitrogens with one attached hydrogen (secondary N) is 1. The molecule has 0 bridgehead atoms. The summed E-state index contributed by atoms with van der Waals surface area (Å²) in [5.74, 6) is -0.241. The van der Waals surface area contributed by atoms with Gasteiger partial charge in [0.2, 0.25) is 0 Å². The summed E-state index contributed by atoms with van der Waals surface area (Å²) in [6.07, 6.45) is 0. The lowest BCUT2D eigenvalue weighted by Crippen LogP contribution is -2.35. The molecule has 0 spiro atoms. The minimum atomic E-state index is -0.241. The zero-order valence-corrected chi connectivity index (χ0v) is 8.32. The quantitative estimate of drug-likeness (QED) is 0.702. The van der Waals surface area contributed by atoms with Gasteiger partial charge in [-0.1, -0.05) is 0 Å². The predicted molar refractivity (Wildman–Crippen MR) is 52.8 cm³/mol. The lowest BCUT2D eigenvalue weighted by Gasteiger charge is -2.06. The van der Waals surface area contributed by atoms with E-state index in [2.05, 4.69) is 15.5 Å². The van der Waals surface area contributed by atoms with Crippen molar-refractivity contribution in [3.8, 4) is 0 Å². The molecule has 5 heteroatoms. The second kappa shape index (κ2) is 4.66. The SMILES string of the molecule is Cc1ccc(C(=O)NCC(C)N)nn1. The molecule has 3 N–H and O–H groups in total. The first kappa shape index (κ1) is 10.6.